The molecule has 1 heterocycles. The van der Waals surface area contributed by atoms with Crippen molar-refractivity contribution in [3.63, 3.8) is 0 Å². The van der Waals surface area contributed by atoms with E-state index in [0.29, 0.717) is 18.6 Å². The molecule has 0 fully saturated rings. The van der Waals surface area contributed by atoms with Gasteiger partial charge in [0.05, 0.1) is 6.61 Å². The van der Waals surface area contributed by atoms with Gasteiger partial charge in [-0.05, 0) is 45.3 Å². The van der Waals surface area contributed by atoms with E-state index in [1.807, 2.05) is 0 Å². The first-order valence-electron chi connectivity index (χ1n) is 11.0. The number of hydrogen-bond acceptors (Lipinski definition) is 6. The van der Waals surface area contributed by atoms with E-state index in [0.717, 1.165) is 58.2 Å². The summed E-state index contributed by atoms with van der Waals surface area (Å²) < 4.78 is 9.96. The number of carbonyl (C=O) groups is 2. The van der Waals surface area contributed by atoms with Crippen LogP contribution < -0.4 is 0 Å². The van der Waals surface area contributed by atoms with Crippen molar-refractivity contribution in [2.75, 3.05) is 26.2 Å². The topological polar surface area (TPSA) is 76.1 Å². The van der Waals surface area contributed by atoms with Crippen molar-refractivity contribution in [3.8, 4) is 0 Å². The van der Waals surface area contributed by atoms with Gasteiger partial charge in [0.2, 0.25) is 6.29 Å². The number of hydrogen-bond donors (Lipinski definition) is 1. The molecule has 1 N–H and O–H groups in total. The van der Waals surface area contributed by atoms with Gasteiger partial charge in [-0.25, -0.2) is 4.79 Å². The summed E-state index contributed by atoms with van der Waals surface area (Å²) in [6, 6.07) is 0. The van der Waals surface area contributed by atoms with Crippen LogP contribution in [0, 0.1) is 0 Å². The lowest BCUT2D eigenvalue weighted by Gasteiger charge is -2.17. The van der Waals surface area contributed by atoms with E-state index >= 15 is 0 Å². The maximum absolute atomic E-state index is 11.7. The molecule has 0 aliphatic carbocycles. The minimum atomic E-state index is -1.02. The summed E-state index contributed by atoms with van der Waals surface area (Å²) in [7, 11) is 0. The van der Waals surface area contributed by atoms with Gasteiger partial charge in [-0.1, -0.05) is 52.4 Å². The summed E-state index contributed by atoms with van der Waals surface area (Å²) in [6.07, 6.45) is 11.4. The molecule has 0 aromatic rings. The molecule has 6 heteroatoms. The number of aliphatic hydroxyl groups is 1. The molecule has 1 atom stereocenters. The fraction of sp³-hybridized carbons (Fsp3) is 0.818. The van der Waals surface area contributed by atoms with Gasteiger partial charge in [0, 0.05) is 18.1 Å². The maximum atomic E-state index is 11.7. The van der Waals surface area contributed by atoms with Crippen molar-refractivity contribution in [2.24, 2.45) is 0 Å². The van der Waals surface area contributed by atoms with Crippen LogP contribution in [0.1, 0.15) is 84.5 Å². The molecule has 0 radical (unpaired) electrons. The smallest absolute Gasteiger partial charge is 0.333 e. The third-order valence-corrected chi connectivity index (χ3v) is 5.22. The number of unbranched alkanes of at least 4 members (excludes halogenated alkanes) is 7. The Morgan fingerprint density at radius 3 is 2.21 bits per heavy atom. The van der Waals surface area contributed by atoms with Gasteiger partial charge in [0.15, 0.2) is 0 Å². The maximum Gasteiger partial charge on any atom is 0.333 e. The van der Waals surface area contributed by atoms with E-state index in [9.17, 15) is 14.7 Å². The van der Waals surface area contributed by atoms with Crippen molar-refractivity contribution in [1.29, 1.82) is 0 Å². The summed E-state index contributed by atoms with van der Waals surface area (Å²) in [6.45, 7) is 7.85. The zero-order valence-corrected chi connectivity index (χ0v) is 17.8. The fourth-order valence-electron chi connectivity index (χ4n) is 3.37. The Morgan fingerprint density at radius 2 is 1.64 bits per heavy atom. The minimum absolute atomic E-state index is 0.0678. The first-order valence-corrected chi connectivity index (χ1v) is 11.0. The zero-order chi connectivity index (χ0) is 20.6. The van der Waals surface area contributed by atoms with E-state index in [1.165, 1.54) is 31.8 Å². The lowest BCUT2D eigenvalue weighted by molar-refractivity contribution is -0.151. The third kappa shape index (κ3) is 11.4. The Bertz CT molecular complexity index is 474. The third-order valence-electron chi connectivity index (χ3n) is 5.22. The van der Waals surface area contributed by atoms with Crippen molar-refractivity contribution < 1.29 is 24.2 Å². The molecule has 0 spiro atoms. The Morgan fingerprint density at radius 1 is 1.04 bits per heavy atom. The lowest BCUT2D eigenvalue weighted by Crippen LogP contribution is -2.24. The molecule has 0 bridgehead atoms. The number of esters is 2. The van der Waals surface area contributed by atoms with E-state index in [1.54, 1.807) is 0 Å². The van der Waals surface area contributed by atoms with E-state index in [-0.39, 0.29) is 5.97 Å². The van der Waals surface area contributed by atoms with E-state index in [4.69, 9.17) is 4.74 Å². The molecule has 28 heavy (non-hydrogen) atoms. The van der Waals surface area contributed by atoms with Gasteiger partial charge < -0.3 is 19.5 Å². The van der Waals surface area contributed by atoms with Gasteiger partial charge in [-0.2, -0.15) is 0 Å². The first kappa shape index (κ1) is 24.6. The summed E-state index contributed by atoms with van der Waals surface area (Å²) in [5.74, 6) is -0.505. The SMILES string of the molecule is CCN(CC)CCCC(=O)OCCCCCCCCCCC1=CC(=O)OC1O. The summed E-state index contributed by atoms with van der Waals surface area (Å²) >= 11 is 0. The Kier molecular flexibility index (Phi) is 13.7. The predicted octanol–water partition coefficient (Wildman–Crippen LogP) is 3.96. The van der Waals surface area contributed by atoms with Gasteiger partial charge >= 0.3 is 11.9 Å². The molecule has 1 aliphatic rings. The molecule has 162 valence electrons. The van der Waals surface area contributed by atoms with Crippen molar-refractivity contribution in [2.45, 2.75) is 90.8 Å². The van der Waals surface area contributed by atoms with Crippen LogP contribution in [0.2, 0.25) is 0 Å². The van der Waals surface area contributed by atoms with Gasteiger partial charge in [0.25, 0.3) is 0 Å². The molecule has 0 aromatic heterocycles. The average molecular weight is 398 g/mol. The highest BCUT2D eigenvalue weighted by Crippen LogP contribution is 2.20. The standard InChI is InChI=1S/C22H39NO5/c1-3-23(4-2)16-13-15-20(24)27-17-12-10-8-6-5-7-9-11-14-19-18-21(25)28-22(19)26/h18,22,26H,3-17H2,1-2H3. The largest absolute Gasteiger partial charge is 0.466 e. The van der Waals surface area contributed by atoms with Crippen LogP contribution >= 0.6 is 0 Å². The fourth-order valence-corrected chi connectivity index (χ4v) is 3.37. The zero-order valence-electron chi connectivity index (χ0n) is 17.8. The van der Waals surface area contributed by atoms with Crippen LogP contribution in [0.15, 0.2) is 11.6 Å². The number of ether oxygens (including phenoxy) is 2. The molecule has 0 aromatic carbocycles. The van der Waals surface area contributed by atoms with Gasteiger partial charge in [-0.3, -0.25) is 4.79 Å². The Labute approximate surface area is 170 Å². The van der Waals surface area contributed by atoms with Crippen LogP contribution in [-0.2, 0) is 19.1 Å². The Hall–Kier alpha value is -1.40. The van der Waals surface area contributed by atoms with E-state index < -0.39 is 12.3 Å². The molecular weight excluding hydrogens is 358 g/mol. The quantitative estimate of drug-likeness (QED) is 0.296. The number of cyclic esters (lactones) is 1. The van der Waals surface area contributed by atoms with Crippen LogP contribution in [0.5, 0.6) is 0 Å². The van der Waals surface area contributed by atoms with Crippen molar-refractivity contribution in [3.05, 3.63) is 11.6 Å². The average Bonchev–Trinajstić information content (AvgIpc) is 3.00. The van der Waals surface area contributed by atoms with Gasteiger partial charge in [0.1, 0.15) is 0 Å². The molecule has 1 aliphatic heterocycles. The molecule has 1 unspecified atom stereocenters. The second-order valence-electron chi connectivity index (χ2n) is 7.44. The number of nitrogens with zero attached hydrogens (tertiary/aromatic N) is 1. The van der Waals surface area contributed by atoms with Crippen molar-refractivity contribution in [1.82, 2.24) is 4.90 Å². The van der Waals surface area contributed by atoms with Crippen molar-refractivity contribution >= 4 is 11.9 Å². The number of aliphatic hydroxyl groups excluding tert-OH is 1. The number of rotatable bonds is 17. The van der Waals surface area contributed by atoms with Crippen LogP contribution in [-0.4, -0.2) is 54.5 Å². The normalized spacial score (nSPS) is 16.4. The summed E-state index contributed by atoms with van der Waals surface area (Å²) in [4.78, 5) is 25.0. The lowest BCUT2D eigenvalue weighted by atomic mass is 10.0. The highest BCUT2D eigenvalue weighted by Gasteiger charge is 2.22. The summed E-state index contributed by atoms with van der Waals surface area (Å²) in [5.41, 5.74) is 0.701. The second-order valence-corrected chi connectivity index (χ2v) is 7.44. The predicted molar refractivity (Wildman–Crippen MR) is 110 cm³/mol. The van der Waals surface area contributed by atoms with Gasteiger partial charge in [-0.15, -0.1) is 0 Å². The summed E-state index contributed by atoms with van der Waals surface area (Å²) in [5, 5.41) is 9.48. The molecule has 1 rings (SSSR count). The highest BCUT2D eigenvalue weighted by molar-refractivity contribution is 5.85. The highest BCUT2D eigenvalue weighted by atomic mass is 16.6. The molecule has 6 nitrogen and oxygen atoms in total. The Balaban J connectivity index is 1.83. The van der Waals surface area contributed by atoms with Crippen LogP contribution in [0.3, 0.4) is 0 Å². The molecule has 0 saturated heterocycles. The number of carbonyl (C=O) groups excluding carboxylic acids is 2. The molecule has 0 amide bonds. The van der Waals surface area contributed by atoms with Crippen LogP contribution in [0.25, 0.3) is 0 Å². The second kappa shape index (κ2) is 15.5. The minimum Gasteiger partial charge on any atom is -0.466 e. The van der Waals surface area contributed by atoms with E-state index in [2.05, 4.69) is 23.5 Å². The molecule has 0 saturated carbocycles. The first-order chi connectivity index (χ1) is 13.6. The monoisotopic (exact) mass is 397 g/mol. The molecular formula is C22H39NO5. The van der Waals surface area contributed by atoms with Crippen LogP contribution in [0.4, 0.5) is 0 Å².